The quantitative estimate of drug-likeness (QED) is 0.780. The van der Waals surface area contributed by atoms with Gasteiger partial charge < -0.3 is 9.47 Å². The Balaban J connectivity index is 1.58. The van der Waals surface area contributed by atoms with Gasteiger partial charge >= 0.3 is 0 Å². The van der Waals surface area contributed by atoms with Crippen molar-refractivity contribution in [1.82, 2.24) is 0 Å². The van der Waals surface area contributed by atoms with Crippen LogP contribution in [0.3, 0.4) is 0 Å². The molecule has 3 aliphatic carbocycles. The van der Waals surface area contributed by atoms with E-state index >= 15 is 0 Å². The second-order valence-electron chi connectivity index (χ2n) is 8.15. The molecule has 0 radical (unpaired) electrons. The number of ether oxygens (including phenoxy) is 2. The smallest absolute Gasteiger partial charge is 0.119 e. The maximum absolute atomic E-state index is 12.6. The lowest BCUT2D eigenvalue weighted by Gasteiger charge is -2.50. The molecule has 3 aliphatic rings. The number of aryl methyl sites for hydroxylation is 1. The van der Waals surface area contributed by atoms with Crippen molar-refractivity contribution < 1.29 is 13.9 Å². The Bertz CT molecular complexity index is 602. The highest BCUT2D eigenvalue weighted by atomic mass is 19.1. The second kappa shape index (κ2) is 6.33. The van der Waals surface area contributed by atoms with E-state index in [-0.39, 0.29) is 24.8 Å². The molecule has 0 unspecified atom stereocenters. The van der Waals surface area contributed by atoms with Crippen LogP contribution in [-0.4, -0.2) is 26.5 Å². The van der Waals surface area contributed by atoms with Crippen LogP contribution >= 0.6 is 0 Å². The number of hydrogen-bond acceptors (Lipinski definition) is 2. The van der Waals surface area contributed by atoms with Gasteiger partial charge in [-0.15, -0.1) is 0 Å². The number of fused-ring (bicyclic) bond motifs is 5. The molecule has 24 heavy (non-hydrogen) atoms. The molecule has 1 aromatic carbocycles. The molecule has 5 atom stereocenters. The van der Waals surface area contributed by atoms with Crippen molar-refractivity contribution in [2.75, 3.05) is 20.4 Å². The SMILES string of the molecule is COc1ccc2c(c1)CC[C@@H]1[C@@H]2CC[C@]2(C)[C@@H](OCCF)CC[C@@H]12. The molecule has 2 saturated carbocycles. The maximum atomic E-state index is 12.6. The minimum atomic E-state index is -0.363. The zero-order chi connectivity index (χ0) is 16.7. The van der Waals surface area contributed by atoms with Crippen molar-refractivity contribution in [2.24, 2.45) is 17.3 Å². The van der Waals surface area contributed by atoms with Crippen LogP contribution in [0.15, 0.2) is 18.2 Å². The summed E-state index contributed by atoms with van der Waals surface area (Å²) in [5, 5.41) is 0. The molecule has 0 spiro atoms. The van der Waals surface area contributed by atoms with E-state index in [9.17, 15) is 4.39 Å². The molecule has 132 valence electrons. The van der Waals surface area contributed by atoms with E-state index in [4.69, 9.17) is 9.47 Å². The maximum Gasteiger partial charge on any atom is 0.119 e. The van der Waals surface area contributed by atoms with Crippen LogP contribution in [0.1, 0.15) is 56.1 Å². The van der Waals surface area contributed by atoms with Crippen molar-refractivity contribution in [3.8, 4) is 5.75 Å². The number of halogens is 1. The molecule has 0 heterocycles. The average Bonchev–Trinajstić information content (AvgIpc) is 2.95. The Morgan fingerprint density at radius 2 is 2.08 bits per heavy atom. The summed E-state index contributed by atoms with van der Waals surface area (Å²) >= 11 is 0. The number of methoxy groups -OCH3 is 1. The minimum absolute atomic E-state index is 0.250. The van der Waals surface area contributed by atoms with Crippen molar-refractivity contribution >= 4 is 0 Å². The Morgan fingerprint density at radius 3 is 2.88 bits per heavy atom. The summed E-state index contributed by atoms with van der Waals surface area (Å²) in [5.41, 5.74) is 3.30. The molecule has 0 bridgehead atoms. The summed E-state index contributed by atoms with van der Waals surface area (Å²) in [6.07, 6.45) is 7.52. The average molecular weight is 332 g/mol. The topological polar surface area (TPSA) is 18.5 Å². The van der Waals surface area contributed by atoms with Gasteiger partial charge in [-0.1, -0.05) is 13.0 Å². The fraction of sp³-hybridized carbons (Fsp3) is 0.714. The molecule has 4 rings (SSSR count). The van der Waals surface area contributed by atoms with Gasteiger partial charge in [-0.05, 0) is 85.0 Å². The minimum Gasteiger partial charge on any atom is -0.497 e. The van der Waals surface area contributed by atoms with Gasteiger partial charge in [0.25, 0.3) is 0 Å². The predicted octanol–water partition coefficient (Wildman–Crippen LogP) is 4.91. The fourth-order valence-corrected chi connectivity index (χ4v) is 6.10. The van der Waals surface area contributed by atoms with Crippen LogP contribution in [0.25, 0.3) is 0 Å². The van der Waals surface area contributed by atoms with Gasteiger partial charge in [0.1, 0.15) is 12.4 Å². The van der Waals surface area contributed by atoms with E-state index in [1.54, 1.807) is 12.7 Å². The Kier molecular flexibility index (Phi) is 4.32. The van der Waals surface area contributed by atoms with E-state index in [0.717, 1.165) is 30.4 Å². The molecule has 2 nitrogen and oxygen atoms in total. The molecular formula is C21H29FO2. The van der Waals surface area contributed by atoms with Crippen molar-refractivity contribution in [2.45, 2.75) is 57.5 Å². The Labute approximate surface area is 144 Å². The van der Waals surface area contributed by atoms with E-state index < -0.39 is 0 Å². The van der Waals surface area contributed by atoms with Gasteiger partial charge in [0.15, 0.2) is 0 Å². The lowest BCUT2D eigenvalue weighted by atomic mass is 9.55. The summed E-state index contributed by atoms with van der Waals surface area (Å²) in [6.45, 7) is 2.32. The predicted molar refractivity (Wildman–Crippen MR) is 93.3 cm³/mol. The lowest BCUT2D eigenvalue weighted by Crippen LogP contribution is -2.44. The second-order valence-corrected chi connectivity index (χ2v) is 8.15. The van der Waals surface area contributed by atoms with Crippen LogP contribution in [0, 0.1) is 17.3 Å². The van der Waals surface area contributed by atoms with Gasteiger partial charge in [-0.2, -0.15) is 0 Å². The van der Waals surface area contributed by atoms with E-state index in [1.165, 1.54) is 31.2 Å². The highest BCUT2D eigenvalue weighted by Gasteiger charge is 2.55. The zero-order valence-electron chi connectivity index (χ0n) is 14.9. The summed E-state index contributed by atoms with van der Waals surface area (Å²) in [4.78, 5) is 0. The standard InChI is InChI=1S/C21H29FO2/c1-21-10-9-17-16-6-4-15(23-2)13-14(16)3-5-18(17)19(21)7-8-20(21)24-12-11-22/h4,6,13,17-20H,3,5,7-12H2,1-2H3/t17-,18-,19+,20+,21+/m1/s1. The molecule has 0 aromatic heterocycles. The van der Waals surface area contributed by atoms with Crippen LogP contribution in [0.5, 0.6) is 5.75 Å². The Morgan fingerprint density at radius 1 is 1.21 bits per heavy atom. The first-order valence-corrected chi connectivity index (χ1v) is 9.51. The third-order valence-electron chi connectivity index (χ3n) is 7.24. The first kappa shape index (κ1) is 16.4. The van der Waals surface area contributed by atoms with Crippen molar-refractivity contribution in [3.63, 3.8) is 0 Å². The van der Waals surface area contributed by atoms with E-state index in [1.807, 2.05) is 0 Å². The normalized spacial score (nSPS) is 37.5. The molecule has 2 fully saturated rings. The molecule has 3 heteroatoms. The van der Waals surface area contributed by atoms with Crippen LogP contribution in [0.2, 0.25) is 0 Å². The third kappa shape index (κ3) is 2.47. The summed E-state index contributed by atoms with van der Waals surface area (Å²) in [7, 11) is 1.75. The first-order chi connectivity index (χ1) is 11.7. The largest absolute Gasteiger partial charge is 0.497 e. The molecule has 0 saturated heterocycles. The number of rotatable bonds is 4. The van der Waals surface area contributed by atoms with Crippen molar-refractivity contribution in [1.29, 1.82) is 0 Å². The Hall–Kier alpha value is -1.09. The fourth-order valence-electron chi connectivity index (χ4n) is 6.10. The zero-order valence-corrected chi connectivity index (χ0v) is 14.9. The molecule has 0 amide bonds. The first-order valence-electron chi connectivity index (χ1n) is 9.51. The van der Waals surface area contributed by atoms with Crippen LogP contribution in [0.4, 0.5) is 4.39 Å². The van der Waals surface area contributed by atoms with Crippen LogP contribution in [-0.2, 0) is 11.2 Å². The third-order valence-corrected chi connectivity index (χ3v) is 7.24. The van der Waals surface area contributed by atoms with Crippen LogP contribution < -0.4 is 4.74 Å². The van der Waals surface area contributed by atoms with Gasteiger partial charge in [0, 0.05) is 0 Å². The van der Waals surface area contributed by atoms with Gasteiger partial charge in [0.2, 0.25) is 0 Å². The monoisotopic (exact) mass is 332 g/mol. The van der Waals surface area contributed by atoms with Gasteiger partial charge in [0.05, 0.1) is 19.8 Å². The summed E-state index contributed by atoms with van der Waals surface area (Å²) in [6, 6.07) is 6.66. The van der Waals surface area contributed by atoms with Gasteiger partial charge in [-0.25, -0.2) is 4.39 Å². The van der Waals surface area contributed by atoms with Gasteiger partial charge in [-0.3, -0.25) is 0 Å². The van der Waals surface area contributed by atoms with Crippen molar-refractivity contribution in [3.05, 3.63) is 29.3 Å². The van der Waals surface area contributed by atoms with E-state index in [2.05, 4.69) is 25.1 Å². The molecule has 0 N–H and O–H groups in total. The number of hydrogen-bond donors (Lipinski definition) is 0. The molecule has 1 aromatic rings. The highest BCUT2D eigenvalue weighted by molar-refractivity contribution is 5.40. The lowest BCUT2D eigenvalue weighted by molar-refractivity contribution is -0.0663. The molecular weight excluding hydrogens is 303 g/mol. The summed E-state index contributed by atoms with van der Waals surface area (Å²) < 4.78 is 23.9. The number of alkyl halides is 1. The molecule has 0 aliphatic heterocycles. The summed E-state index contributed by atoms with van der Waals surface area (Å²) in [5.74, 6) is 3.17. The highest BCUT2D eigenvalue weighted by Crippen LogP contribution is 2.61. The van der Waals surface area contributed by atoms with E-state index in [0.29, 0.717) is 5.92 Å². The number of benzene rings is 1.